The molecule has 96 valence electrons. The molecule has 1 aliphatic heterocycles. The van der Waals surface area contributed by atoms with Crippen LogP contribution >= 0.6 is 0 Å². The molecule has 1 aliphatic rings. The van der Waals surface area contributed by atoms with E-state index in [1.54, 1.807) is 24.8 Å². The summed E-state index contributed by atoms with van der Waals surface area (Å²) < 4.78 is 0. The van der Waals surface area contributed by atoms with E-state index in [1.807, 2.05) is 0 Å². The number of carbonyl (C=O) groups is 2. The fourth-order valence-corrected chi connectivity index (χ4v) is 1.99. The molecule has 0 bridgehead atoms. The lowest BCUT2D eigenvalue weighted by molar-refractivity contribution is -0.133. The second-order valence-electron chi connectivity index (χ2n) is 4.74. The highest BCUT2D eigenvalue weighted by Gasteiger charge is 2.40. The van der Waals surface area contributed by atoms with Crippen LogP contribution in [0.3, 0.4) is 0 Å². The summed E-state index contributed by atoms with van der Waals surface area (Å²) >= 11 is 0. The molecule has 1 aromatic heterocycles. The van der Waals surface area contributed by atoms with E-state index >= 15 is 0 Å². The van der Waals surface area contributed by atoms with E-state index in [2.05, 4.69) is 10.3 Å². The first-order valence-corrected chi connectivity index (χ1v) is 5.75. The van der Waals surface area contributed by atoms with Crippen LogP contribution in [0, 0.1) is 0 Å². The first-order valence-electron chi connectivity index (χ1n) is 5.75. The molecular weight excluding hydrogens is 232 g/mol. The van der Waals surface area contributed by atoms with Crippen LogP contribution in [0.2, 0.25) is 0 Å². The van der Waals surface area contributed by atoms with Crippen molar-refractivity contribution in [2.75, 3.05) is 18.8 Å². The van der Waals surface area contributed by atoms with E-state index in [9.17, 15) is 9.59 Å². The summed E-state index contributed by atoms with van der Waals surface area (Å²) in [6, 6.07) is 3.12. The standard InChI is InChI=1S/C12H16N4O2/c1-12(2)11(18)15-5-6-16(12)10(17)8-3-4-14-9(13)7-8/h3-4,7H,5-6H2,1-2H3,(H2,13,14)(H,15,18). The number of pyridine rings is 1. The van der Waals surface area contributed by atoms with Gasteiger partial charge in [0.2, 0.25) is 5.91 Å². The number of carbonyl (C=O) groups excluding carboxylic acids is 2. The maximum Gasteiger partial charge on any atom is 0.254 e. The quantitative estimate of drug-likeness (QED) is 0.733. The average molecular weight is 248 g/mol. The smallest absolute Gasteiger partial charge is 0.254 e. The maximum absolute atomic E-state index is 12.4. The van der Waals surface area contributed by atoms with Gasteiger partial charge < -0.3 is 16.0 Å². The molecular formula is C12H16N4O2. The third kappa shape index (κ3) is 2.01. The molecule has 0 atom stereocenters. The Labute approximate surface area is 105 Å². The van der Waals surface area contributed by atoms with Gasteiger partial charge in [-0.15, -0.1) is 0 Å². The predicted octanol–water partition coefficient (Wildman–Crippen LogP) is 0.0144. The Balaban J connectivity index is 2.31. The van der Waals surface area contributed by atoms with Crippen molar-refractivity contribution >= 4 is 17.6 Å². The van der Waals surface area contributed by atoms with E-state index < -0.39 is 5.54 Å². The van der Waals surface area contributed by atoms with Gasteiger partial charge in [0.1, 0.15) is 11.4 Å². The lowest BCUT2D eigenvalue weighted by Gasteiger charge is -2.41. The third-order valence-corrected chi connectivity index (χ3v) is 3.12. The van der Waals surface area contributed by atoms with Crippen molar-refractivity contribution in [1.29, 1.82) is 0 Å². The number of rotatable bonds is 1. The van der Waals surface area contributed by atoms with Gasteiger partial charge in [-0.25, -0.2) is 4.98 Å². The molecule has 0 aromatic carbocycles. The molecule has 1 aromatic rings. The minimum absolute atomic E-state index is 0.149. The first kappa shape index (κ1) is 12.3. The van der Waals surface area contributed by atoms with Crippen molar-refractivity contribution in [3.05, 3.63) is 23.9 Å². The summed E-state index contributed by atoms with van der Waals surface area (Å²) in [6.45, 7) is 4.41. The highest BCUT2D eigenvalue weighted by Crippen LogP contribution is 2.20. The van der Waals surface area contributed by atoms with Crippen molar-refractivity contribution < 1.29 is 9.59 Å². The van der Waals surface area contributed by atoms with Crippen molar-refractivity contribution in [1.82, 2.24) is 15.2 Å². The van der Waals surface area contributed by atoms with Crippen molar-refractivity contribution in [3.63, 3.8) is 0 Å². The average Bonchev–Trinajstić information content (AvgIpc) is 2.32. The van der Waals surface area contributed by atoms with Crippen LogP contribution in [0.15, 0.2) is 18.3 Å². The SMILES string of the molecule is CC1(C)C(=O)NCCN1C(=O)c1ccnc(N)c1. The van der Waals surface area contributed by atoms with E-state index in [0.29, 0.717) is 24.5 Å². The Kier molecular flexibility index (Phi) is 2.94. The van der Waals surface area contributed by atoms with Gasteiger partial charge in [0.05, 0.1) is 0 Å². The molecule has 0 aliphatic carbocycles. The van der Waals surface area contributed by atoms with Crippen molar-refractivity contribution in [2.45, 2.75) is 19.4 Å². The number of aromatic nitrogens is 1. The van der Waals surface area contributed by atoms with Crippen LogP contribution in [-0.4, -0.2) is 40.3 Å². The van der Waals surface area contributed by atoms with Gasteiger partial charge in [0.15, 0.2) is 0 Å². The molecule has 0 saturated carbocycles. The van der Waals surface area contributed by atoms with Gasteiger partial charge in [-0.2, -0.15) is 0 Å². The van der Waals surface area contributed by atoms with Gasteiger partial charge in [-0.1, -0.05) is 0 Å². The van der Waals surface area contributed by atoms with Gasteiger partial charge in [-0.05, 0) is 26.0 Å². The number of hydrogen-bond acceptors (Lipinski definition) is 4. The number of hydrogen-bond donors (Lipinski definition) is 2. The molecule has 2 rings (SSSR count). The van der Waals surface area contributed by atoms with Crippen LogP contribution in [-0.2, 0) is 4.79 Å². The van der Waals surface area contributed by atoms with Gasteiger partial charge in [0, 0.05) is 24.8 Å². The summed E-state index contributed by atoms with van der Waals surface area (Å²) in [6.07, 6.45) is 1.49. The number of nitrogen functional groups attached to an aromatic ring is 1. The summed E-state index contributed by atoms with van der Waals surface area (Å²) in [5.41, 5.74) is 5.16. The second-order valence-corrected chi connectivity index (χ2v) is 4.74. The summed E-state index contributed by atoms with van der Waals surface area (Å²) in [4.78, 5) is 29.6. The lowest BCUT2D eigenvalue weighted by atomic mass is 9.98. The monoisotopic (exact) mass is 248 g/mol. The normalized spacial score (nSPS) is 18.3. The minimum Gasteiger partial charge on any atom is -0.384 e. The summed E-state index contributed by atoms with van der Waals surface area (Å²) in [7, 11) is 0. The molecule has 6 heteroatoms. The van der Waals surface area contributed by atoms with Gasteiger partial charge >= 0.3 is 0 Å². The molecule has 0 unspecified atom stereocenters. The number of amides is 2. The predicted molar refractivity (Wildman–Crippen MR) is 66.8 cm³/mol. The fourth-order valence-electron chi connectivity index (χ4n) is 1.99. The number of piperazine rings is 1. The van der Waals surface area contributed by atoms with Crippen LogP contribution in [0.5, 0.6) is 0 Å². The minimum atomic E-state index is -0.854. The molecule has 3 N–H and O–H groups in total. The van der Waals surface area contributed by atoms with E-state index in [1.165, 1.54) is 12.3 Å². The molecule has 18 heavy (non-hydrogen) atoms. The fraction of sp³-hybridized carbons (Fsp3) is 0.417. The highest BCUT2D eigenvalue weighted by molar-refractivity contribution is 6.00. The van der Waals surface area contributed by atoms with Crippen molar-refractivity contribution in [2.24, 2.45) is 0 Å². The zero-order valence-electron chi connectivity index (χ0n) is 10.4. The Morgan fingerprint density at radius 2 is 2.28 bits per heavy atom. The Morgan fingerprint density at radius 1 is 1.56 bits per heavy atom. The number of nitrogens with one attached hydrogen (secondary N) is 1. The molecule has 6 nitrogen and oxygen atoms in total. The molecule has 2 heterocycles. The van der Waals surface area contributed by atoms with Gasteiger partial charge in [0.25, 0.3) is 5.91 Å². The second kappa shape index (κ2) is 4.29. The topological polar surface area (TPSA) is 88.3 Å². The lowest BCUT2D eigenvalue weighted by Crippen LogP contribution is -2.63. The summed E-state index contributed by atoms with van der Waals surface area (Å²) in [5, 5.41) is 2.75. The van der Waals surface area contributed by atoms with Gasteiger partial charge in [-0.3, -0.25) is 9.59 Å². The molecule has 2 amide bonds. The molecule has 1 fully saturated rings. The zero-order valence-corrected chi connectivity index (χ0v) is 10.4. The Bertz CT molecular complexity index is 499. The number of nitrogens with zero attached hydrogens (tertiary/aromatic N) is 2. The molecule has 0 radical (unpaired) electrons. The zero-order chi connectivity index (χ0) is 13.3. The molecule has 1 saturated heterocycles. The van der Waals surface area contributed by atoms with E-state index in [0.717, 1.165) is 0 Å². The van der Waals surface area contributed by atoms with E-state index in [-0.39, 0.29) is 11.8 Å². The number of nitrogens with two attached hydrogens (primary N) is 1. The van der Waals surface area contributed by atoms with E-state index in [4.69, 9.17) is 5.73 Å². The van der Waals surface area contributed by atoms with Crippen LogP contribution in [0.25, 0.3) is 0 Å². The Hall–Kier alpha value is -2.11. The van der Waals surface area contributed by atoms with Crippen molar-refractivity contribution in [3.8, 4) is 0 Å². The molecule has 0 spiro atoms. The highest BCUT2D eigenvalue weighted by atomic mass is 16.2. The third-order valence-electron chi connectivity index (χ3n) is 3.12. The first-order chi connectivity index (χ1) is 8.43. The largest absolute Gasteiger partial charge is 0.384 e. The van der Waals surface area contributed by atoms with Crippen LogP contribution < -0.4 is 11.1 Å². The summed E-state index contributed by atoms with van der Waals surface area (Å²) in [5.74, 6) is -0.0619. The van der Waals surface area contributed by atoms with Crippen LogP contribution in [0.4, 0.5) is 5.82 Å². The number of anilines is 1. The maximum atomic E-state index is 12.4. The Morgan fingerprint density at radius 3 is 2.94 bits per heavy atom. The van der Waals surface area contributed by atoms with Crippen LogP contribution in [0.1, 0.15) is 24.2 Å².